The summed E-state index contributed by atoms with van der Waals surface area (Å²) in [4.78, 5) is 34.0. The summed E-state index contributed by atoms with van der Waals surface area (Å²) in [5.74, 6) is -0.434. The van der Waals surface area contributed by atoms with E-state index in [4.69, 9.17) is 0 Å². The number of thiazole rings is 1. The zero-order chi connectivity index (χ0) is 17.3. The van der Waals surface area contributed by atoms with Crippen LogP contribution in [0.2, 0.25) is 0 Å². The highest BCUT2D eigenvalue weighted by Gasteiger charge is 2.22. The van der Waals surface area contributed by atoms with Gasteiger partial charge in [0.2, 0.25) is 0 Å². The van der Waals surface area contributed by atoms with Gasteiger partial charge in [0.15, 0.2) is 4.96 Å². The molecule has 0 fully saturated rings. The molecule has 0 atom stereocenters. The Morgan fingerprint density at radius 2 is 2.12 bits per heavy atom. The van der Waals surface area contributed by atoms with Gasteiger partial charge in [-0.05, 0) is 11.6 Å². The molecule has 3 rings (SSSR count). The maximum atomic E-state index is 12.8. The molecule has 0 aliphatic heterocycles. The van der Waals surface area contributed by atoms with Gasteiger partial charge in [-0.2, -0.15) is 0 Å². The summed E-state index contributed by atoms with van der Waals surface area (Å²) in [6, 6.07) is 3.66. The molecule has 6 nitrogen and oxygen atoms in total. The average Bonchev–Trinajstić information content (AvgIpc) is 2.99. The number of rotatable bonds is 3. The molecule has 0 aliphatic rings. The summed E-state index contributed by atoms with van der Waals surface area (Å²) in [5.41, 5.74) is 1.21. The van der Waals surface area contributed by atoms with Gasteiger partial charge in [0.1, 0.15) is 5.56 Å². The van der Waals surface area contributed by atoms with Crippen LogP contribution in [0.15, 0.2) is 40.9 Å². The SMILES string of the molecule is CC(C)(C)c1csc2ncc(C(=O)NCc3cccnc3)c(=O)n12. The Morgan fingerprint density at radius 3 is 2.79 bits per heavy atom. The van der Waals surface area contributed by atoms with Crippen LogP contribution >= 0.6 is 11.3 Å². The smallest absolute Gasteiger partial charge is 0.271 e. The van der Waals surface area contributed by atoms with Crippen molar-refractivity contribution in [3.05, 3.63) is 63.3 Å². The van der Waals surface area contributed by atoms with E-state index < -0.39 is 5.91 Å². The van der Waals surface area contributed by atoms with Gasteiger partial charge >= 0.3 is 0 Å². The van der Waals surface area contributed by atoms with Crippen LogP contribution in [0.4, 0.5) is 0 Å². The van der Waals surface area contributed by atoms with Gasteiger partial charge < -0.3 is 5.32 Å². The normalized spacial score (nSPS) is 11.6. The molecule has 1 N–H and O–H groups in total. The number of nitrogens with one attached hydrogen (secondary N) is 1. The summed E-state index contributed by atoms with van der Waals surface area (Å²) in [6.45, 7) is 6.38. The van der Waals surface area contributed by atoms with Gasteiger partial charge in [-0.1, -0.05) is 26.8 Å². The van der Waals surface area contributed by atoms with Crippen molar-refractivity contribution in [2.45, 2.75) is 32.7 Å². The molecule has 24 heavy (non-hydrogen) atoms. The van der Waals surface area contributed by atoms with E-state index in [0.717, 1.165) is 11.3 Å². The van der Waals surface area contributed by atoms with E-state index in [2.05, 4.69) is 15.3 Å². The average molecular weight is 342 g/mol. The first-order valence-electron chi connectivity index (χ1n) is 7.55. The predicted molar refractivity (Wildman–Crippen MR) is 93.4 cm³/mol. The molecule has 3 aromatic rings. The van der Waals surface area contributed by atoms with Gasteiger partial charge in [0.25, 0.3) is 11.5 Å². The highest BCUT2D eigenvalue weighted by molar-refractivity contribution is 7.15. The van der Waals surface area contributed by atoms with Crippen LogP contribution in [0.25, 0.3) is 4.96 Å². The Balaban J connectivity index is 1.93. The summed E-state index contributed by atoms with van der Waals surface area (Å²) in [7, 11) is 0. The number of amides is 1. The molecule has 0 aromatic carbocycles. The van der Waals surface area contributed by atoms with Crippen molar-refractivity contribution in [1.82, 2.24) is 19.7 Å². The standard InChI is InChI=1S/C17H18N4O2S/c1-17(2,3)13-10-24-16-20-9-12(15(23)21(13)16)14(22)19-8-11-5-4-6-18-7-11/h4-7,9-10H,8H2,1-3H3,(H,19,22). The minimum atomic E-state index is -0.434. The van der Waals surface area contributed by atoms with E-state index in [0.29, 0.717) is 11.5 Å². The van der Waals surface area contributed by atoms with Crippen molar-refractivity contribution >= 4 is 22.2 Å². The first kappa shape index (κ1) is 16.3. The monoisotopic (exact) mass is 342 g/mol. The van der Waals surface area contributed by atoms with E-state index in [-0.39, 0.29) is 16.5 Å². The molecule has 0 aliphatic carbocycles. The lowest BCUT2D eigenvalue weighted by Gasteiger charge is -2.17. The Morgan fingerprint density at radius 1 is 1.33 bits per heavy atom. The lowest BCUT2D eigenvalue weighted by molar-refractivity contribution is 0.0949. The maximum absolute atomic E-state index is 12.8. The van der Waals surface area contributed by atoms with Crippen LogP contribution < -0.4 is 10.9 Å². The van der Waals surface area contributed by atoms with Crippen LogP contribution in [0.3, 0.4) is 0 Å². The van der Waals surface area contributed by atoms with Gasteiger partial charge in [0.05, 0.1) is 0 Å². The summed E-state index contributed by atoms with van der Waals surface area (Å²) < 4.78 is 1.53. The molecule has 0 unspecified atom stereocenters. The van der Waals surface area contributed by atoms with Crippen molar-refractivity contribution in [1.29, 1.82) is 0 Å². The van der Waals surface area contributed by atoms with Crippen molar-refractivity contribution in [2.75, 3.05) is 0 Å². The third-order valence-electron chi connectivity index (χ3n) is 3.63. The molecule has 1 amide bonds. The summed E-state index contributed by atoms with van der Waals surface area (Å²) in [6.07, 6.45) is 4.69. The molecule has 0 radical (unpaired) electrons. The van der Waals surface area contributed by atoms with Crippen LogP contribution in [0, 0.1) is 0 Å². The molecule has 3 heterocycles. The second kappa shape index (κ2) is 6.16. The van der Waals surface area contributed by atoms with Crippen LogP contribution in [0.1, 0.15) is 42.4 Å². The highest BCUT2D eigenvalue weighted by atomic mass is 32.1. The Kier molecular flexibility index (Phi) is 4.19. The lowest BCUT2D eigenvalue weighted by Crippen LogP contribution is -2.32. The fourth-order valence-corrected chi connectivity index (χ4v) is 3.42. The summed E-state index contributed by atoms with van der Waals surface area (Å²) >= 11 is 1.40. The number of pyridine rings is 1. The molecule has 0 saturated heterocycles. The van der Waals surface area contributed by atoms with E-state index in [1.54, 1.807) is 18.5 Å². The van der Waals surface area contributed by atoms with Crippen molar-refractivity contribution in [3.63, 3.8) is 0 Å². The third-order valence-corrected chi connectivity index (χ3v) is 4.47. The third kappa shape index (κ3) is 3.07. The van der Waals surface area contributed by atoms with E-state index in [9.17, 15) is 9.59 Å². The topological polar surface area (TPSA) is 76.4 Å². The molecule has 0 bridgehead atoms. The first-order valence-corrected chi connectivity index (χ1v) is 8.43. The van der Waals surface area contributed by atoms with Crippen LogP contribution in [0.5, 0.6) is 0 Å². The van der Waals surface area contributed by atoms with Gasteiger partial charge in [0, 0.05) is 41.6 Å². The zero-order valence-electron chi connectivity index (χ0n) is 13.7. The largest absolute Gasteiger partial charge is 0.348 e. The highest BCUT2D eigenvalue weighted by Crippen LogP contribution is 2.25. The molecular formula is C17H18N4O2S. The van der Waals surface area contributed by atoms with Crippen molar-refractivity contribution in [2.24, 2.45) is 0 Å². The van der Waals surface area contributed by atoms with Crippen molar-refractivity contribution in [3.8, 4) is 0 Å². The second-order valence-corrected chi connectivity index (χ2v) is 7.35. The summed E-state index contributed by atoms with van der Waals surface area (Å²) in [5, 5.41) is 4.66. The Hall–Kier alpha value is -2.54. The molecule has 3 aromatic heterocycles. The maximum Gasteiger partial charge on any atom is 0.271 e. The van der Waals surface area contributed by atoms with Crippen LogP contribution in [-0.2, 0) is 12.0 Å². The van der Waals surface area contributed by atoms with Crippen LogP contribution in [-0.4, -0.2) is 20.3 Å². The fourth-order valence-electron chi connectivity index (χ4n) is 2.35. The Bertz CT molecular complexity index is 939. The number of hydrogen-bond acceptors (Lipinski definition) is 5. The Labute approximate surface area is 143 Å². The number of carbonyl (C=O) groups is 1. The van der Waals surface area contributed by atoms with E-state index >= 15 is 0 Å². The molecule has 0 saturated carbocycles. The predicted octanol–water partition coefficient (Wildman–Crippen LogP) is 2.38. The molecule has 124 valence electrons. The minimum Gasteiger partial charge on any atom is -0.348 e. The molecule has 0 spiro atoms. The van der Waals surface area contributed by atoms with Gasteiger partial charge in [-0.15, -0.1) is 11.3 Å². The van der Waals surface area contributed by atoms with E-state index in [1.807, 2.05) is 32.2 Å². The molecular weight excluding hydrogens is 324 g/mol. The minimum absolute atomic E-state index is 0.0419. The number of carbonyl (C=O) groups excluding carboxylic acids is 1. The van der Waals surface area contributed by atoms with E-state index in [1.165, 1.54) is 21.9 Å². The molecule has 7 heteroatoms. The number of fused-ring (bicyclic) bond motifs is 1. The fraction of sp³-hybridized carbons (Fsp3) is 0.294. The second-order valence-electron chi connectivity index (χ2n) is 6.51. The number of hydrogen-bond donors (Lipinski definition) is 1. The zero-order valence-corrected chi connectivity index (χ0v) is 14.6. The van der Waals surface area contributed by atoms with Gasteiger partial charge in [-0.25, -0.2) is 4.98 Å². The first-order chi connectivity index (χ1) is 11.4. The number of nitrogens with zero attached hydrogens (tertiary/aromatic N) is 3. The van der Waals surface area contributed by atoms with Gasteiger partial charge in [-0.3, -0.25) is 19.0 Å². The quantitative estimate of drug-likeness (QED) is 0.793. The number of aromatic nitrogens is 3. The van der Waals surface area contributed by atoms with Crippen molar-refractivity contribution < 1.29 is 4.79 Å². The lowest BCUT2D eigenvalue weighted by atomic mass is 9.93.